The third kappa shape index (κ3) is 2.76. The molecule has 0 saturated carbocycles. The summed E-state index contributed by atoms with van der Waals surface area (Å²) in [5, 5.41) is 21.4. The fourth-order valence-electron chi connectivity index (χ4n) is 2.22. The summed E-state index contributed by atoms with van der Waals surface area (Å²) < 4.78 is 0. The lowest BCUT2D eigenvalue weighted by Crippen LogP contribution is -2.37. The number of aliphatic hydroxyl groups is 1. The minimum atomic E-state index is 0.222. The first kappa shape index (κ1) is 11.5. The number of nitrogens with zero attached hydrogens (tertiary/aromatic N) is 5. The predicted octanol–water partition coefficient (Wildman–Crippen LogP) is -0.0530. The minimum absolute atomic E-state index is 0.222. The Morgan fingerprint density at radius 1 is 1.38 bits per heavy atom. The van der Waals surface area contributed by atoms with Crippen LogP contribution < -0.4 is 0 Å². The summed E-state index contributed by atoms with van der Waals surface area (Å²) >= 11 is 0. The summed E-state index contributed by atoms with van der Waals surface area (Å²) in [5.74, 6) is 0.739. The molecule has 1 atom stereocenters. The second-order valence-electron chi connectivity index (χ2n) is 4.35. The lowest BCUT2D eigenvalue weighted by atomic mass is 10.1. The summed E-state index contributed by atoms with van der Waals surface area (Å²) in [6.45, 7) is 1.93. The highest BCUT2D eigenvalue weighted by Crippen LogP contribution is 2.17. The number of likely N-dealkylation sites (tertiary alicyclic amines) is 1. The average molecular weight is 225 g/mol. The number of aromatic nitrogens is 4. The van der Waals surface area contributed by atoms with Crippen molar-refractivity contribution >= 4 is 0 Å². The van der Waals surface area contributed by atoms with Crippen LogP contribution in [0.15, 0.2) is 0 Å². The molecule has 1 aliphatic rings. The molecule has 1 saturated heterocycles. The van der Waals surface area contributed by atoms with Crippen molar-refractivity contribution in [2.45, 2.75) is 38.3 Å². The summed E-state index contributed by atoms with van der Waals surface area (Å²) in [4.78, 5) is 3.74. The van der Waals surface area contributed by atoms with Crippen LogP contribution in [-0.2, 0) is 13.6 Å². The van der Waals surface area contributed by atoms with Gasteiger partial charge in [-0.1, -0.05) is 12.8 Å². The van der Waals surface area contributed by atoms with E-state index in [1.54, 1.807) is 7.05 Å². The van der Waals surface area contributed by atoms with Crippen LogP contribution in [0, 0.1) is 0 Å². The van der Waals surface area contributed by atoms with E-state index in [4.69, 9.17) is 0 Å². The molecule has 0 aliphatic carbocycles. The molecule has 0 spiro atoms. The molecule has 1 aromatic rings. The molecule has 1 fully saturated rings. The van der Waals surface area contributed by atoms with Crippen molar-refractivity contribution in [3.8, 4) is 0 Å². The molecule has 6 nitrogen and oxygen atoms in total. The van der Waals surface area contributed by atoms with Crippen LogP contribution >= 0.6 is 0 Å². The third-order valence-electron chi connectivity index (χ3n) is 3.10. The fraction of sp³-hybridized carbons (Fsp3) is 0.900. The van der Waals surface area contributed by atoms with Crippen LogP contribution in [0.5, 0.6) is 0 Å². The van der Waals surface area contributed by atoms with Gasteiger partial charge in [-0.05, 0) is 24.6 Å². The van der Waals surface area contributed by atoms with E-state index in [0.717, 1.165) is 18.8 Å². The van der Waals surface area contributed by atoms with Crippen molar-refractivity contribution in [3.63, 3.8) is 0 Å². The van der Waals surface area contributed by atoms with E-state index < -0.39 is 0 Å². The fourth-order valence-corrected chi connectivity index (χ4v) is 2.22. The maximum atomic E-state index is 9.37. The molecule has 2 rings (SSSR count). The highest BCUT2D eigenvalue weighted by Gasteiger charge is 2.21. The molecule has 90 valence electrons. The molecule has 1 unspecified atom stereocenters. The number of aryl methyl sites for hydroxylation is 1. The Labute approximate surface area is 95.2 Å². The zero-order chi connectivity index (χ0) is 11.4. The van der Waals surface area contributed by atoms with Crippen LogP contribution in [0.2, 0.25) is 0 Å². The van der Waals surface area contributed by atoms with Gasteiger partial charge in [0.1, 0.15) is 0 Å². The standard InChI is InChI=1S/C10H19N5O/c1-14-12-10(11-13-14)7-15-6-4-2-3-5-9(15)8-16/h9,16H,2-8H2,1H3. The Bertz CT molecular complexity index is 327. The van der Waals surface area contributed by atoms with E-state index >= 15 is 0 Å². The largest absolute Gasteiger partial charge is 0.395 e. The smallest absolute Gasteiger partial charge is 0.188 e. The van der Waals surface area contributed by atoms with Crippen molar-refractivity contribution in [2.24, 2.45) is 7.05 Å². The summed E-state index contributed by atoms with van der Waals surface area (Å²) in [5.41, 5.74) is 0. The molecular formula is C10H19N5O. The predicted molar refractivity (Wildman–Crippen MR) is 58.5 cm³/mol. The SMILES string of the molecule is Cn1nnc(CN2CCCCCC2CO)n1. The number of tetrazole rings is 1. The second kappa shape index (κ2) is 5.36. The zero-order valence-electron chi connectivity index (χ0n) is 9.71. The van der Waals surface area contributed by atoms with Crippen LogP contribution in [0.1, 0.15) is 31.5 Å². The molecule has 1 N–H and O–H groups in total. The topological polar surface area (TPSA) is 67.1 Å². The maximum absolute atomic E-state index is 9.37. The van der Waals surface area contributed by atoms with Gasteiger partial charge in [0.15, 0.2) is 5.82 Å². The minimum Gasteiger partial charge on any atom is -0.395 e. The average Bonchev–Trinajstić information content (AvgIpc) is 2.56. The van der Waals surface area contributed by atoms with Gasteiger partial charge in [0, 0.05) is 6.04 Å². The van der Waals surface area contributed by atoms with Crippen molar-refractivity contribution < 1.29 is 5.11 Å². The van der Waals surface area contributed by atoms with Gasteiger partial charge >= 0.3 is 0 Å². The van der Waals surface area contributed by atoms with E-state index in [-0.39, 0.29) is 12.6 Å². The first-order valence-electron chi connectivity index (χ1n) is 5.87. The molecule has 0 amide bonds. The summed E-state index contributed by atoms with van der Waals surface area (Å²) in [6, 6.07) is 0.256. The number of hydrogen-bond acceptors (Lipinski definition) is 5. The molecule has 1 aliphatic heterocycles. The first-order chi connectivity index (χ1) is 7.79. The van der Waals surface area contributed by atoms with E-state index in [0.29, 0.717) is 6.54 Å². The molecule has 0 aromatic carbocycles. The lowest BCUT2D eigenvalue weighted by molar-refractivity contribution is 0.116. The molecule has 2 heterocycles. The summed E-state index contributed by atoms with van der Waals surface area (Å²) in [7, 11) is 1.77. The normalized spacial score (nSPS) is 23.2. The Balaban J connectivity index is 1.99. The van der Waals surface area contributed by atoms with E-state index in [2.05, 4.69) is 20.3 Å². The van der Waals surface area contributed by atoms with Crippen molar-refractivity contribution in [1.29, 1.82) is 0 Å². The van der Waals surface area contributed by atoms with Gasteiger partial charge in [0.2, 0.25) is 0 Å². The Morgan fingerprint density at radius 3 is 2.94 bits per heavy atom. The number of rotatable bonds is 3. The first-order valence-corrected chi connectivity index (χ1v) is 5.87. The van der Waals surface area contributed by atoms with Gasteiger partial charge in [-0.3, -0.25) is 4.90 Å². The zero-order valence-corrected chi connectivity index (χ0v) is 9.71. The van der Waals surface area contributed by atoms with E-state index in [1.807, 2.05) is 0 Å². The molecular weight excluding hydrogens is 206 g/mol. The van der Waals surface area contributed by atoms with Gasteiger partial charge in [-0.15, -0.1) is 10.2 Å². The lowest BCUT2D eigenvalue weighted by Gasteiger charge is -2.26. The molecule has 6 heteroatoms. The van der Waals surface area contributed by atoms with Crippen LogP contribution in [-0.4, -0.2) is 49.4 Å². The quantitative estimate of drug-likeness (QED) is 0.781. The van der Waals surface area contributed by atoms with Crippen molar-refractivity contribution in [3.05, 3.63) is 5.82 Å². The number of hydrogen-bond donors (Lipinski definition) is 1. The molecule has 0 bridgehead atoms. The van der Waals surface area contributed by atoms with E-state index in [1.165, 1.54) is 24.1 Å². The Hall–Kier alpha value is -1.01. The van der Waals surface area contributed by atoms with E-state index in [9.17, 15) is 5.11 Å². The Morgan fingerprint density at radius 2 is 2.25 bits per heavy atom. The molecule has 16 heavy (non-hydrogen) atoms. The van der Waals surface area contributed by atoms with Crippen LogP contribution in [0.4, 0.5) is 0 Å². The van der Waals surface area contributed by atoms with Crippen molar-refractivity contribution in [2.75, 3.05) is 13.2 Å². The monoisotopic (exact) mass is 225 g/mol. The van der Waals surface area contributed by atoms with Gasteiger partial charge in [-0.2, -0.15) is 4.80 Å². The van der Waals surface area contributed by atoms with Crippen LogP contribution in [0.3, 0.4) is 0 Å². The Kier molecular flexibility index (Phi) is 3.84. The van der Waals surface area contributed by atoms with Crippen molar-refractivity contribution in [1.82, 2.24) is 25.1 Å². The highest BCUT2D eigenvalue weighted by molar-refractivity contribution is 4.82. The van der Waals surface area contributed by atoms with Gasteiger partial charge in [0.05, 0.1) is 20.2 Å². The maximum Gasteiger partial charge on any atom is 0.188 e. The molecule has 0 radical (unpaired) electrons. The third-order valence-corrected chi connectivity index (χ3v) is 3.10. The molecule has 1 aromatic heterocycles. The number of aliphatic hydroxyl groups excluding tert-OH is 1. The highest BCUT2D eigenvalue weighted by atomic mass is 16.3. The summed E-state index contributed by atoms with van der Waals surface area (Å²) in [6.07, 6.45) is 4.71. The van der Waals surface area contributed by atoms with Gasteiger partial charge < -0.3 is 5.11 Å². The van der Waals surface area contributed by atoms with Gasteiger partial charge in [0.25, 0.3) is 0 Å². The van der Waals surface area contributed by atoms with Gasteiger partial charge in [-0.25, -0.2) is 0 Å². The van der Waals surface area contributed by atoms with Crippen LogP contribution in [0.25, 0.3) is 0 Å². The second-order valence-corrected chi connectivity index (χ2v) is 4.35.